The number of carbonyl (C=O) groups is 1. The zero-order valence-electron chi connectivity index (χ0n) is 9.58. The van der Waals surface area contributed by atoms with Gasteiger partial charge in [0.25, 0.3) is 0 Å². The second-order valence-corrected chi connectivity index (χ2v) is 4.72. The van der Waals surface area contributed by atoms with Gasteiger partial charge < -0.3 is 9.64 Å². The molecule has 0 spiro atoms. The number of rotatable bonds is 4. The molecule has 0 N–H and O–H groups in total. The highest BCUT2D eigenvalue weighted by molar-refractivity contribution is 5.69. The molecule has 1 heterocycles. The molecule has 2 aliphatic rings. The van der Waals surface area contributed by atoms with E-state index in [9.17, 15) is 4.79 Å². The first-order chi connectivity index (χ1) is 7.29. The normalized spacial score (nSPS) is 24.1. The molecule has 0 aromatic rings. The second-order valence-electron chi connectivity index (χ2n) is 4.72. The molecule has 2 rings (SSSR count). The van der Waals surface area contributed by atoms with Crippen molar-refractivity contribution in [3.05, 3.63) is 0 Å². The number of carbonyl (C=O) groups excluding carboxylic acids is 1. The van der Waals surface area contributed by atoms with Gasteiger partial charge in [-0.15, -0.1) is 0 Å². The van der Waals surface area contributed by atoms with Gasteiger partial charge in [0.1, 0.15) is 0 Å². The van der Waals surface area contributed by atoms with Gasteiger partial charge in [-0.3, -0.25) is 4.79 Å². The monoisotopic (exact) mass is 211 g/mol. The Hall–Kier alpha value is -0.570. The van der Waals surface area contributed by atoms with Crippen molar-refractivity contribution in [3.8, 4) is 0 Å². The Balaban J connectivity index is 1.66. The first-order valence-corrected chi connectivity index (χ1v) is 6.19. The fourth-order valence-corrected chi connectivity index (χ4v) is 2.42. The largest absolute Gasteiger partial charge is 0.466 e. The topological polar surface area (TPSA) is 29.5 Å². The number of likely N-dealkylation sites (tertiary alicyclic amines) is 1. The minimum atomic E-state index is -0.0117. The van der Waals surface area contributed by atoms with E-state index in [-0.39, 0.29) is 5.97 Å². The van der Waals surface area contributed by atoms with Crippen LogP contribution in [0.2, 0.25) is 0 Å². The van der Waals surface area contributed by atoms with Crippen LogP contribution in [0.3, 0.4) is 0 Å². The van der Waals surface area contributed by atoms with Crippen LogP contribution in [0.5, 0.6) is 0 Å². The molecule has 3 nitrogen and oxygen atoms in total. The van der Waals surface area contributed by atoms with Gasteiger partial charge in [-0.05, 0) is 51.6 Å². The Morgan fingerprint density at radius 1 is 1.27 bits per heavy atom. The first-order valence-electron chi connectivity index (χ1n) is 6.19. The van der Waals surface area contributed by atoms with Crippen molar-refractivity contribution in [2.24, 2.45) is 5.92 Å². The third-order valence-corrected chi connectivity index (χ3v) is 3.47. The lowest BCUT2D eigenvalue weighted by atomic mass is 9.93. The molecule has 1 aliphatic carbocycles. The standard InChI is InChI=1S/C12H21NO2/c1-2-15-12(14)9-10-5-7-13(8-6-10)11-3-4-11/h10-11H,2-9H2,1H3. The average Bonchev–Trinajstić information content (AvgIpc) is 3.03. The summed E-state index contributed by atoms with van der Waals surface area (Å²) < 4.78 is 4.98. The van der Waals surface area contributed by atoms with E-state index in [1.807, 2.05) is 6.92 Å². The predicted molar refractivity (Wildman–Crippen MR) is 58.6 cm³/mol. The maximum absolute atomic E-state index is 11.3. The van der Waals surface area contributed by atoms with Crippen molar-refractivity contribution in [2.45, 2.75) is 45.1 Å². The van der Waals surface area contributed by atoms with Gasteiger partial charge in [-0.25, -0.2) is 0 Å². The van der Waals surface area contributed by atoms with Crippen LogP contribution < -0.4 is 0 Å². The quantitative estimate of drug-likeness (QED) is 0.664. The summed E-state index contributed by atoms with van der Waals surface area (Å²) in [6.07, 6.45) is 5.77. The van der Waals surface area contributed by atoms with Gasteiger partial charge >= 0.3 is 5.97 Å². The number of hydrogen-bond donors (Lipinski definition) is 0. The Labute approximate surface area is 91.8 Å². The van der Waals surface area contributed by atoms with Gasteiger partial charge in [0.15, 0.2) is 0 Å². The molecular weight excluding hydrogens is 190 g/mol. The molecule has 1 saturated carbocycles. The molecule has 0 amide bonds. The van der Waals surface area contributed by atoms with E-state index in [1.54, 1.807) is 0 Å². The van der Waals surface area contributed by atoms with Crippen LogP contribution in [0.4, 0.5) is 0 Å². The maximum atomic E-state index is 11.3. The van der Waals surface area contributed by atoms with E-state index in [4.69, 9.17) is 4.74 Å². The van der Waals surface area contributed by atoms with Crippen molar-refractivity contribution in [2.75, 3.05) is 19.7 Å². The molecule has 15 heavy (non-hydrogen) atoms. The Morgan fingerprint density at radius 2 is 1.93 bits per heavy atom. The van der Waals surface area contributed by atoms with Crippen LogP contribution in [-0.4, -0.2) is 36.6 Å². The van der Waals surface area contributed by atoms with Crippen molar-refractivity contribution < 1.29 is 9.53 Å². The molecule has 0 unspecified atom stereocenters. The summed E-state index contributed by atoms with van der Waals surface area (Å²) in [6, 6.07) is 0.883. The molecule has 0 aromatic heterocycles. The fraction of sp³-hybridized carbons (Fsp3) is 0.917. The molecule has 1 saturated heterocycles. The number of piperidine rings is 1. The van der Waals surface area contributed by atoms with Gasteiger partial charge in [0.2, 0.25) is 0 Å². The van der Waals surface area contributed by atoms with Gasteiger partial charge in [-0.1, -0.05) is 0 Å². The lowest BCUT2D eigenvalue weighted by Gasteiger charge is -2.31. The summed E-state index contributed by atoms with van der Waals surface area (Å²) in [5.41, 5.74) is 0. The molecule has 3 heteroatoms. The Morgan fingerprint density at radius 3 is 2.47 bits per heavy atom. The van der Waals surface area contributed by atoms with Crippen LogP contribution >= 0.6 is 0 Å². The van der Waals surface area contributed by atoms with Crippen molar-refractivity contribution in [1.29, 1.82) is 0 Å². The van der Waals surface area contributed by atoms with E-state index in [2.05, 4.69) is 4.90 Å². The second kappa shape index (κ2) is 4.97. The van der Waals surface area contributed by atoms with Gasteiger partial charge in [-0.2, -0.15) is 0 Å². The minimum Gasteiger partial charge on any atom is -0.466 e. The minimum absolute atomic E-state index is 0.0117. The highest BCUT2D eigenvalue weighted by atomic mass is 16.5. The van der Waals surface area contributed by atoms with Crippen LogP contribution in [0.15, 0.2) is 0 Å². The summed E-state index contributed by atoms with van der Waals surface area (Å²) in [5.74, 6) is 0.557. The highest BCUT2D eigenvalue weighted by Crippen LogP contribution is 2.31. The lowest BCUT2D eigenvalue weighted by molar-refractivity contribution is -0.144. The van der Waals surface area contributed by atoms with Gasteiger partial charge in [0, 0.05) is 12.5 Å². The van der Waals surface area contributed by atoms with E-state index >= 15 is 0 Å². The van der Waals surface area contributed by atoms with E-state index < -0.39 is 0 Å². The molecule has 0 bridgehead atoms. The third-order valence-electron chi connectivity index (χ3n) is 3.47. The molecule has 0 atom stereocenters. The number of ether oxygens (including phenoxy) is 1. The molecule has 0 aromatic carbocycles. The van der Waals surface area contributed by atoms with Crippen LogP contribution in [-0.2, 0) is 9.53 Å². The van der Waals surface area contributed by atoms with Crippen molar-refractivity contribution in [1.82, 2.24) is 4.90 Å². The first kappa shape index (κ1) is 10.9. The van der Waals surface area contributed by atoms with Crippen molar-refractivity contribution in [3.63, 3.8) is 0 Å². The zero-order chi connectivity index (χ0) is 10.7. The SMILES string of the molecule is CCOC(=O)CC1CCN(C2CC2)CC1. The Kier molecular flexibility index (Phi) is 3.62. The Bertz CT molecular complexity index is 218. The van der Waals surface area contributed by atoms with Gasteiger partial charge in [0.05, 0.1) is 6.61 Å². The number of esters is 1. The number of nitrogens with zero attached hydrogens (tertiary/aromatic N) is 1. The third kappa shape index (κ3) is 3.20. The summed E-state index contributed by atoms with van der Waals surface area (Å²) in [4.78, 5) is 13.9. The van der Waals surface area contributed by atoms with E-state index in [0.717, 1.165) is 6.04 Å². The lowest BCUT2D eigenvalue weighted by Crippen LogP contribution is -2.36. The summed E-state index contributed by atoms with van der Waals surface area (Å²) >= 11 is 0. The molecular formula is C12H21NO2. The van der Waals surface area contributed by atoms with Crippen LogP contribution in [0.25, 0.3) is 0 Å². The average molecular weight is 211 g/mol. The molecule has 2 fully saturated rings. The van der Waals surface area contributed by atoms with E-state index in [0.29, 0.717) is 18.9 Å². The van der Waals surface area contributed by atoms with E-state index in [1.165, 1.54) is 38.8 Å². The molecule has 86 valence electrons. The maximum Gasteiger partial charge on any atom is 0.306 e. The molecule has 1 aliphatic heterocycles. The fourth-order valence-electron chi connectivity index (χ4n) is 2.42. The van der Waals surface area contributed by atoms with Crippen LogP contribution in [0.1, 0.15) is 39.0 Å². The summed E-state index contributed by atoms with van der Waals surface area (Å²) in [6.45, 7) is 4.76. The van der Waals surface area contributed by atoms with Crippen LogP contribution in [0, 0.1) is 5.92 Å². The molecule has 0 radical (unpaired) electrons. The number of hydrogen-bond acceptors (Lipinski definition) is 3. The summed E-state index contributed by atoms with van der Waals surface area (Å²) in [5, 5.41) is 0. The van der Waals surface area contributed by atoms with Crippen molar-refractivity contribution >= 4 is 5.97 Å². The summed E-state index contributed by atoms with van der Waals surface area (Å²) in [7, 11) is 0. The highest BCUT2D eigenvalue weighted by Gasteiger charge is 2.32. The zero-order valence-corrected chi connectivity index (χ0v) is 9.58. The smallest absolute Gasteiger partial charge is 0.306 e. The predicted octanol–water partition coefficient (Wildman–Crippen LogP) is 1.81.